The zero-order valence-electron chi connectivity index (χ0n) is 13.5. The van der Waals surface area contributed by atoms with Gasteiger partial charge in [-0.05, 0) is 25.5 Å². The molecule has 2 saturated heterocycles. The van der Waals surface area contributed by atoms with Crippen molar-refractivity contribution in [1.29, 1.82) is 0 Å². The Balaban J connectivity index is 1.63. The first-order chi connectivity index (χ1) is 11.4. The molecule has 0 amide bonds. The second-order valence-corrected chi connectivity index (χ2v) is 11.8. The summed E-state index contributed by atoms with van der Waals surface area (Å²) in [7, 11) is -6.00. The molecule has 4 nitrogen and oxygen atoms in total. The van der Waals surface area contributed by atoms with Crippen molar-refractivity contribution in [1.82, 2.24) is 4.31 Å². The Morgan fingerprint density at radius 2 is 1.71 bits per heavy atom. The maximum absolute atomic E-state index is 13.4. The molecule has 0 spiro atoms. The fraction of sp³-hybridized carbons (Fsp3) is 0.333. The first kappa shape index (κ1) is 16.1. The Morgan fingerprint density at radius 1 is 1.04 bits per heavy atom. The summed E-state index contributed by atoms with van der Waals surface area (Å²) in [6.07, 6.45) is 1.17. The van der Waals surface area contributed by atoms with E-state index in [-0.39, 0.29) is 11.7 Å². The highest BCUT2D eigenvalue weighted by Crippen LogP contribution is 2.62. The van der Waals surface area contributed by atoms with Crippen LogP contribution in [0.25, 0.3) is 0 Å². The third-order valence-corrected chi connectivity index (χ3v) is 10.9. The molecule has 6 heteroatoms. The zero-order chi connectivity index (χ0) is 16.9. The van der Waals surface area contributed by atoms with Crippen molar-refractivity contribution < 1.29 is 13.0 Å². The van der Waals surface area contributed by atoms with Crippen LogP contribution in [0.2, 0.25) is 0 Å². The normalized spacial score (nSPS) is 29.9. The molecule has 0 aliphatic carbocycles. The van der Waals surface area contributed by atoms with E-state index >= 15 is 0 Å². The van der Waals surface area contributed by atoms with Crippen LogP contribution in [-0.2, 0) is 14.6 Å². The maximum Gasteiger partial charge on any atom is 0.243 e. The van der Waals surface area contributed by atoms with Crippen molar-refractivity contribution in [3.63, 3.8) is 0 Å². The summed E-state index contributed by atoms with van der Waals surface area (Å²) in [6.45, 7) is 2.30. The number of fused-ring (bicyclic) bond motifs is 2. The summed E-state index contributed by atoms with van der Waals surface area (Å²) in [5.41, 5.74) is 0.982. The molecule has 0 N–H and O–H groups in total. The van der Waals surface area contributed by atoms with Gasteiger partial charge in [0.2, 0.25) is 10.0 Å². The standard InChI is InChI=1S/C18H20NO3PS/c1-14-7-9-18(10-8-14)24(21,22)19-12-17-11-15(19)13-23(17,20)16-5-3-2-4-6-16/h2-10,15,17H,11-13H2,1H3/t15-,17-,23+/m0/s1. The fourth-order valence-corrected chi connectivity index (χ4v) is 9.43. The molecule has 126 valence electrons. The summed E-state index contributed by atoms with van der Waals surface area (Å²) >= 11 is 0. The van der Waals surface area contributed by atoms with E-state index in [4.69, 9.17) is 0 Å². The highest BCUT2D eigenvalue weighted by Gasteiger charge is 2.55. The van der Waals surface area contributed by atoms with Crippen LogP contribution in [0, 0.1) is 6.92 Å². The lowest BCUT2D eigenvalue weighted by molar-refractivity contribution is 0.403. The van der Waals surface area contributed by atoms with E-state index in [0.29, 0.717) is 24.0 Å². The number of aryl methyl sites for hydroxylation is 1. The number of hydrogen-bond donors (Lipinski definition) is 0. The molecular formula is C18H20NO3PS. The van der Waals surface area contributed by atoms with Crippen molar-refractivity contribution >= 4 is 22.5 Å². The highest BCUT2D eigenvalue weighted by atomic mass is 32.2. The van der Waals surface area contributed by atoms with Gasteiger partial charge in [0.1, 0.15) is 7.14 Å². The Morgan fingerprint density at radius 3 is 2.29 bits per heavy atom. The average molecular weight is 361 g/mol. The number of nitrogens with zero attached hydrogens (tertiary/aromatic N) is 1. The van der Waals surface area contributed by atoms with Gasteiger partial charge in [0.05, 0.1) is 4.90 Å². The summed E-state index contributed by atoms with van der Waals surface area (Å²) < 4.78 is 40.8. The van der Waals surface area contributed by atoms with Crippen LogP contribution in [-0.4, -0.2) is 37.1 Å². The lowest BCUT2D eigenvalue weighted by atomic mass is 10.2. The Hall–Kier alpha value is -1.42. The van der Waals surface area contributed by atoms with Gasteiger partial charge in [-0.25, -0.2) is 8.42 Å². The molecule has 2 aliphatic rings. The molecule has 2 fully saturated rings. The van der Waals surface area contributed by atoms with Crippen LogP contribution in [0.1, 0.15) is 12.0 Å². The van der Waals surface area contributed by atoms with Gasteiger partial charge in [0.15, 0.2) is 0 Å². The zero-order valence-corrected chi connectivity index (χ0v) is 15.2. The van der Waals surface area contributed by atoms with E-state index < -0.39 is 17.2 Å². The third kappa shape index (κ3) is 2.38. The molecule has 0 aromatic heterocycles. The SMILES string of the molecule is Cc1ccc(S(=O)(=O)N2C[C@@H]3C[C@H]2C[P@@]3(=O)c2ccccc2)cc1. The van der Waals surface area contributed by atoms with E-state index in [1.54, 1.807) is 16.4 Å². The Kier molecular flexibility index (Phi) is 3.72. The van der Waals surface area contributed by atoms with Crippen LogP contribution in [0.5, 0.6) is 0 Å². The quantitative estimate of drug-likeness (QED) is 0.790. The van der Waals surface area contributed by atoms with Gasteiger partial charge in [-0.15, -0.1) is 0 Å². The van der Waals surface area contributed by atoms with Crippen molar-refractivity contribution in [3.05, 3.63) is 60.2 Å². The van der Waals surface area contributed by atoms with Gasteiger partial charge in [0, 0.05) is 29.7 Å². The molecule has 0 radical (unpaired) electrons. The summed E-state index contributed by atoms with van der Waals surface area (Å²) in [5.74, 6) is 0. The van der Waals surface area contributed by atoms with E-state index in [9.17, 15) is 13.0 Å². The number of rotatable bonds is 3. The van der Waals surface area contributed by atoms with E-state index in [0.717, 1.165) is 10.9 Å². The van der Waals surface area contributed by atoms with E-state index in [2.05, 4.69) is 0 Å². The van der Waals surface area contributed by atoms with Gasteiger partial charge in [-0.1, -0.05) is 48.0 Å². The van der Waals surface area contributed by atoms with Gasteiger partial charge in [-0.3, -0.25) is 0 Å². The van der Waals surface area contributed by atoms with Gasteiger partial charge in [0.25, 0.3) is 0 Å². The summed E-state index contributed by atoms with van der Waals surface area (Å²) in [4.78, 5) is 0.329. The minimum absolute atomic E-state index is 0.0508. The largest absolute Gasteiger partial charge is 0.318 e. The molecule has 0 saturated carbocycles. The molecule has 2 aliphatic heterocycles. The smallest absolute Gasteiger partial charge is 0.243 e. The first-order valence-corrected chi connectivity index (χ1v) is 11.5. The number of hydrogen-bond acceptors (Lipinski definition) is 3. The third-order valence-electron chi connectivity index (χ3n) is 5.23. The fourth-order valence-electron chi connectivity index (χ4n) is 3.93. The van der Waals surface area contributed by atoms with Crippen LogP contribution < -0.4 is 5.30 Å². The van der Waals surface area contributed by atoms with Crippen molar-refractivity contribution in [2.45, 2.75) is 29.9 Å². The monoisotopic (exact) mass is 361 g/mol. The molecule has 2 heterocycles. The van der Waals surface area contributed by atoms with Gasteiger partial charge in [-0.2, -0.15) is 4.31 Å². The topological polar surface area (TPSA) is 54.5 Å². The lowest BCUT2D eigenvalue weighted by Gasteiger charge is -2.31. The van der Waals surface area contributed by atoms with Crippen LogP contribution in [0.3, 0.4) is 0 Å². The highest BCUT2D eigenvalue weighted by molar-refractivity contribution is 7.89. The minimum Gasteiger partial charge on any atom is -0.318 e. The van der Waals surface area contributed by atoms with Gasteiger partial charge >= 0.3 is 0 Å². The van der Waals surface area contributed by atoms with Gasteiger partial charge < -0.3 is 4.57 Å². The van der Waals surface area contributed by atoms with Crippen molar-refractivity contribution in [2.75, 3.05) is 12.7 Å². The number of sulfonamides is 1. The Bertz CT molecular complexity index is 909. The molecule has 2 bridgehead atoms. The molecule has 24 heavy (non-hydrogen) atoms. The second-order valence-electron chi connectivity index (χ2n) is 6.74. The van der Waals surface area contributed by atoms with E-state index in [1.165, 1.54) is 0 Å². The maximum atomic E-state index is 13.4. The second kappa shape index (κ2) is 5.55. The van der Waals surface area contributed by atoms with Crippen LogP contribution >= 0.6 is 7.14 Å². The summed E-state index contributed by atoms with van der Waals surface area (Å²) in [5, 5.41) is 0.893. The van der Waals surface area contributed by atoms with E-state index in [1.807, 2.05) is 49.4 Å². The molecule has 2 aromatic rings. The van der Waals surface area contributed by atoms with Crippen molar-refractivity contribution in [2.24, 2.45) is 0 Å². The predicted molar refractivity (Wildman–Crippen MR) is 95.8 cm³/mol. The molecular weight excluding hydrogens is 341 g/mol. The average Bonchev–Trinajstić information content (AvgIpc) is 3.14. The number of benzene rings is 2. The van der Waals surface area contributed by atoms with Crippen LogP contribution in [0.15, 0.2) is 59.5 Å². The van der Waals surface area contributed by atoms with Crippen molar-refractivity contribution in [3.8, 4) is 0 Å². The Labute approximate surface area is 142 Å². The molecule has 3 atom stereocenters. The molecule has 4 rings (SSSR count). The molecule has 2 aromatic carbocycles. The molecule has 0 unspecified atom stereocenters. The predicted octanol–water partition coefficient (Wildman–Crippen LogP) is 2.83. The first-order valence-electron chi connectivity index (χ1n) is 8.14. The van der Waals surface area contributed by atoms with Crippen LogP contribution in [0.4, 0.5) is 0 Å². The summed E-state index contributed by atoms with van der Waals surface area (Å²) in [6, 6.07) is 16.4. The lowest BCUT2D eigenvalue weighted by Crippen LogP contribution is -2.41. The minimum atomic E-state index is -3.51.